The van der Waals surface area contributed by atoms with Gasteiger partial charge in [0, 0.05) is 0 Å². The molecule has 0 bridgehead atoms. The number of amides is 2. The van der Waals surface area contributed by atoms with Crippen LogP contribution in [0.2, 0.25) is 18.1 Å². The lowest BCUT2D eigenvalue weighted by molar-refractivity contribution is 0.130. The van der Waals surface area contributed by atoms with Crippen molar-refractivity contribution in [2.24, 2.45) is 33.9 Å². The van der Waals surface area contributed by atoms with Crippen LogP contribution in [0.3, 0.4) is 0 Å². The van der Waals surface area contributed by atoms with Crippen LogP contribution < -0.4 is 0 Å². The van der Waals surface area contributed by atoms with E-state index in [0.717, 1.165) is 43.8 Å². The first-order valence-electron chi connectivity index (χ1n) is 11.3. The molecule has 0 rings (SSSR count). The summed E-state index contributed by atoms with van der Waals surface area (Å²) >= 11 is 0. The standard InChI is InChI=1S/C22H44N2O4Si/c1-9-11-12-20(10-2)13-27-21(25)23-24-22(26)28-29(14-17(3)4,15-18(5)6)16-19(7)8/h17-20H,9-16H2,1-8H3/b24-23+. The Balaban J connectivity index is 4.96. The highest BCUT2D eigenvalue weighted by molar-refractivity contribution is 6.75. The van der Waals surface area contributed by atoms with E-state index in [1.807, 2.05) is 0 Å². The topological polar surface area (TPSA) is 77.3 Å². The monoisotopic (exact) mass is 428 g/mol. The van der Waals surface area contributed by atoms with Crippen molar-refractivity contribution in [3.8, 4) is 0 Å². The Bertz CT molecular complexity index is 481. The quantitative estimate of drug-likeness (QED) is 0.221. The average molecular weight is 429 g/mol. The number of ether oxygens (including phenoxy) is 1. The fraction of sp³-hybridized carbons (Fsp3) is 0.909. The zero-order valence-electron chi connectivity index (χ0n) is 20.0. The smallest absolute Gasteiger partial charge is 0.452 e. The van der Waals surface area contributed by atoms with Crippen molar-refractivity contribution in [1.29, 1.82) is 0 Å². The Kier molecular flexibility index (Phi) is 14.1. The molecule has 0 aliphatic rings. The molecule has 0 aliphatic heterocycles. The average Bonchev–Trinajstić information content (AvgIpc) is 2.57. The predicted octanol–water partition coefficient (Wildman–Crippen LogP) is 7.84. The SMILES string of the molecule is CCCCC(CC)COC(=O)/N=N/C(=O)O[Si](CC(C)C)(CC(C)C)CC(C)C. The Morgan fingerprint density at radius 2 is 1.31 bits per heavy atom. The summed E-state index contributed by atoms with van der Waals surface area (Å²) in [5, 5.41) is 6.96. The normalized spacial score (nSPS) is 13.5. The number of unbranched alkanes of at least 4 members (excludes halogenated alkanes) is 1. The number of nitrogens with zero attached hydrogens (tertiary/aromatic N) is 2. The van der Waals surface area contributed by atoms with Crippen LogP contribution in [-0.2, 0) is 9.16 Å². The molecule has 170 valence electrons. The van der Waals surface area contributed by atoms with Crippen LogP contribution in [0.15, 0.2) is 10.2 Å². The summed E-state index contributed by atoms with van der Waals surface area (Å²) in [4.78, 5) is 24.2. The molecular formula is C22H44N2O4Si. The third kappa shape index (κ3) is 13.6. The molecule has 0 N–H and O–H groups in total. The van der Waals surface area contributed by atoms with Gasteiger partial charge in [0.15, 0.2) is 0 Å². The molecule has 0 radical (unpaired) electrons. The Morgan fingerprint density at radius 1 is 0.828 bits per heavy atom. The minimum Gasteiger partial charge on any atom is -0.501 e. The number of rotatable bonds is 13. The van der Waals surface area contributed by atoms with Crippen molar-refractivity contribution in [3.05, 3.63) is 0 Å². The van der Waals surface area contributed by atoms with E-state index in [0.29, 0.717) is 30.3 Å². The van der Waals surface area contributed by atoms with Crippen LogP contribution in [0.25, 0.3) is 0 Å². The van der Waals surface area contributed by atoms with E-state index in [9.17, 15) is 9.59 Å². The van der Waals surface area contributed by atoms with Gasteiger partial charge in [-0.05, 0) is 48.2 Å². The van der Waals surface area contributed by atoms with Gasteiger partial charge in [0.25, 0.3) is 8.32 Å². The molecule has 7 heteroatoms. The predicted molar refractivity (Wildman–Crippen MR) is 121 cm³/mol. The van der Waals surface area contributed by atoms with Crippen LogP contribution in [0.4, 0.5) is 9.59 Å². The maximum Gasteiger partial charge on any atom is 0.452 e. The van der Waals surface area contributed by atoms with Gasteiger partial charge in [-0.3, -0.25) is 0 Å². The van der Waals surface area contributed by atoms with Crippen molar-refractivity contribution in [1.82, 2.24) is 0 Å². The number of carbonyl (C=O) groups excluding carboxylic acids is 2. The molecule has 0 saturated carbocycles. The molecule has 0 aromatic carbocycles. The van der Waals surface area contributed by atoms with Crippen LogP contribution in [0.5, 0.6) is 0 Å². The second kappa shape index (κ2) is 14.7. The largest absolute Gasteiger partial charge is 0.501 e. The van der Waals surface area contributed by atoms with Gasteiger partial charge in [-0.15, -0.1) is 0 Å². The fourth-order valence-electron chi connectivity index (χ4n) is 4.01. The third-order valence-electron chi connectivity index (χ3n) is 4.84. The summed E-state index contributed by atoms with van der Waals surface area (Å²) in [6.45, 7) is 17.4. The Hall–Kier alpha value is -1.24. The van der Waals surface area contributed by atoms with E-state index in [1.165, 1.54) is 0 Å². The van der Waals surface area contributed by atoms with Gasteiger partial charge in [0.05, 0.1) is 6.61 Å². The van der Waals surface area contributed by atoms with E-state index in [1.54, 1.807) is 0 Å². The van der Waals surface area contributed by atoms with Gasteiger partial charge in [-0.2, -0.15) is 0 Å². The second-order valence-electron chi connectivity index (χ2n) is 9.54. The first-order valence-corrected chi connectivity index (χ1v) is 13.9. The highest BCUT2D eigenvalue weighted by Crippen LogP contribution is 2.33. The third-order valence-corrected chi connectivity index (χ3v) is 10.1. The van der Waals surface area contributed by atoms with E-state index in [4.69, 9.17) is 9.16 Å². The molecule has 2 amide bonds. The van der Waals surface area contributed by atoms with Gasteiger partial charge in [0.1, 0.15) is 0 Å². The minimum atomic E-state index is -2.33. The summed E-state index contributed by atoms with van der Waals surface area (Å²) in [5.41, 5.74) is 0. The van der Waals surface area contributed by atoms with Gasteiger partial charge >= 0.3 is 12.2 Å². The lowest BCUT2D eigenvalue weighted by Crippen LogP contribution is -2.43. The molecule has 0 heterocycles. The Morgan fingerprint density at radius 3 is 1.72 bits per heavy atom. The number of azo groups is 1. The fourth-order valence-corrected chi connectivity index (χ4v) is 9.64. The molecule has 1 atom stereocenters. The lowest BCUT2D eigenvalue weighted by atomic mass is 10.0. The van der Waals surface area contributed by atoms with Crippen LogP contribution in [-0.4, -0.2) is 27.1 Å². The summed E-state index contributed by atoms with van der Waals surface area (Å²) in [6.07, 6.45) is 2.62. The number of hydrogen-bond donors (Lipinski definition) is 0. The summed E-state index contributed by atoms with van der Waals surface area (Å²) < 4.78 is 11.1. The summed E-state index contributed by atoms with van der Waals surface area (Å²) in [7, 11) is -2.33. The van der Waals surface area contributed by atoms with Crippen molar-refractivity contribution >= 4 is 20.5 Å². The van der Waals surface area contributed by atoms with Crippen molar-refractivity contribution in [2.45, 2.75) is 99.2 Å². The van der Waals surface area contributed by atoms with Crippen molar-refractivity contribution in [2.75, 3.05) is 6.61 Å². The summed E-state index contributed by atoms with van der Waals surface area (Å²) in [6, 6.07) is 2.68. The lowest BCUT2D eigenvalue weighted by Gasteiger charge is -2.34. The zero-order chi connectivity index (χ0) is 22.4. The molecule has 0 aromatic rings. The molecule has 6 nitrogen and oxygen atoms in total. The molecular weight excluding hydrogens is 384 g/mol. The number of carbonyl (C=O) groups is 2. The molecule has 0 aliphatic carbocycles. The van der Waals surface area contributed by atoms with E-state index in [2.05, 4.69) is 65.6 Å². The van der Waals surface area contributed by atoms with E-state index in [-0.39, 0.29) is 0 Å². The van der Waals surface area contributed by atoms with Crippen LogP contribution >= 0.6 is 0 Å². The summed E-state index contributed by atoms with van der Waals surface area (Å²) in [5.74, 6) is 1.62. The second-order valence-corrected chi connectivity index (χ2v) is 13.3. The van der Waals surface area contributed by atoms with Crippen LogP contribution in [0, 0.1) is 23.7 Å². The van der Waals surface area contributed by atoms with Gasteiger partial charge in [0.2, 0.25) is 0 Å². The van der Waals surface area contributed by atoms with Crippen molar-refractivity contribution < 1.29 is 18.8 Å². The molecule has 0 spiro atoms. The van der Waals surface area contributed by atoms with E-state index < -0.39 is 20.5 Å². The van der Waals surface area contributed by atoms with Crippen molar-refractivity contribution in [3.63, 3.8) is 0 Å². The van der Waals surface area contributed by atoms with Gasteiger partial charge in [-0.25, -0.2) is 9.59 Å². The molecule has 1 unspecified atom stereocenters. The first kappa shape index (κ1) is 27.8. The van der Waals surface area contributed by atoms with Gasteiger partial charge in [-0.1, -0.05) is 84.9 Å². The zero-order valence-corrected chi connectivity index (χ0v) is 21.0. The molecule has 29 heavy (non-hydrogen) atoms. The first-order chi connectivity index (χ1) is 13.5. The minimum absolute atomic E-state index is 0.316. The maximum atomic E-state index is 12.4. The highest BCUT2D eigenvalue weighted by Gasteiger charge is 2.40. The molecule has 0 fully saturated rings. The molecule has 0 aromatic heterocycles. The van der Waals surface area contributed by atoms with Gasteiger partial charge < -0.3 is 9.16 Å². The molecule has 0 saturated heterocycles. The maximum absolute atomic E-state index is 12.4. The van der Waals surface area contributed by atoms with Crippen LogP contribution in [0.1, 0.15) is 81.1 Å². The van der Waals surface area contributed by atoms with E-state index >= 15 is 0 Å². The Labute approximate surface area is 179 Å². The number of hydrogen-bond acceptors (Lipinski definition) is 4. The highest BCUT2D eigenvalue weighted by atomic mass is 28.4.